The van der Waals surface area contributed by atoms with Gasteiger partial charge in [-0.1, -0.05) is 13.0 Å². The van der Waals surface area contributed by atoms with Gasteiger partial charge in [-0.3, -0.25) is 4.68 Å². The topological polar surface area (TPSA) is 59.0 Å². The van der Waals surface area contributed by atoms with Crippen molar-refractivity contribution in [1.82, 2.24) is 15.1 Å². The number of hydrogen-bond donors (Lipinski definition) is 2. The van der Waals surface area contributed by atoms with E-state index in [1.807, 2.05) is 27.0 Å². The molecular formula is C15H19FN4O. The Bertz CT molecular complexity index is 651. The van der Waals surface area contributed by atoms with Gasteiger partial charge in [0.15, 0.2) is 0 Å². The average molecular weight is 290 g/mol. The quantitative estimate of drug-likeness (QED) is 0.909. The summed E-state index contributed by atoms with van der Waals surface area (Å²) in [7, 11) is 1.82. The zero-order valence-corrected chi connectivity index (χ0v) is 12.4. The number of nitrogens with one attached hydrogen (secondary N) is 2. The van der Waals surface area contributed by atoms with Crippen LogP contribution in [-0.2, 0) is 20.0 Å². The summed E-state index contributed by atoms with van der Waals surface area (Å²) >= 11 is 0. The number of carbonyl (C=O) groups excluding carboxylic acids is 1. The summed E-state index contributed by atoms with van der Waals surface area (Å²) in [6.07, 6.45) is 0.623. The highest BCUT2D eigenvalue weighted by molar-refractivity contribution is 5.89. The molecule has 0 saturated carbocycles. The van der Waals surface area contributed by atoms with Crippen molar-refractivity contribution in [2.45, 2.75) is 26.8 Å². The SMILES string of the molecule is CCc1ccc(NC(=O)NCc2cc(C)nn2C)cc1F. The standard InChI is InChI=1S/C15H19FN4O/c1-4-11-5-6-12(8-14(11)16)18-15(21)17-9-13-7-10(2)19-20(13)3/h5-8H,4,9H2,1-3H3,(H2,17,18,21). The minimum atomic E-state index is -0.377. The van der Waals surface area contributed by atoms with E-state index in [2.05, 4.69) is 15.7 Å². The molecule has 6 heteroatoms. The molecular weight excluding hydrogens is 271 g/mol. The van der Waals surface area contributed by atoms with Gasteiger partial charge < -0.3 is 10.6 Å². The average Bonchev–Trinajstić information content (AvgIpc) is 2.75. The van der Waals surface area contributed by atoms with Crippen molar-refractivity contribution in [2.24, 2.45) is 7.05 Å². The summed E-state index contributed by atoms with van der Waals surface area (Å²) in [5.41, 5.74) is 2.86. The molecule has 2 amide bonds. The number of anilines is 1. The van der Waals surface area contributed by atoms with Gasteiger partial charge in [0.1, 0.15) is 5.82 Å². The lowest BCUT2D eigenvalue weighted by Crippen LogP contribution is -2.29. The highest BCUT2D eigenvalue weighted by atomic mass is 19.1. The fourth-order valence-electron chi connectivity index (χ4n) is 2.09. The van der Waals surface area contributed by atoms with Gasteiger partial charge in [-0.05, 0) is 37.1 Å². The third kappa shape index (κ3) is 3.81. The van der Waals surface area contributed by atoms with Gasteiger partial charge in [0, 0.05) is 12.7 Å². The Balaban J connectivity index is 1.93. The summed E-state index contributed by atoms with van der Waals surface area (Å²) in [6.45, 7) is 4.13. The molecule has 112 valence electrons. The molecule has 0 unspecified atom stereocenters. The van der Waals surface area contributed by atoms with Crippen LogP contribution in [-0.4, -0.2) is 15.8 Å². The Morgan fingerprint density at radius 2 is 2.14 bits per heavy atom. The normalized spacial score (nSPS) is 10.5. The molecule has 2 N–H and O–H groups in total. The number of urea groups is 1. The second-order valence-electron chi connectivity index (χ2n) is 4.87. The van der Waals surface area contributed by atoms with E-state index >= 15 is 0 Å². The first-order valence-electron chi connectivity index (χ1n) is 6.82. The van der Waals surface area contributed by atoms with Crippen LogP contribution in [0.3, 0.4) is 0 Å². The molecule has 1 aromatic heterocycles. The van der Waals surface area contributed by atoms with E-state index < -0.39 is 0 Å². The molecule has 0 atom stereocenters. The lowest BCUT2D eigenvalue weighted by atomic mass is 10.1. The number of hydrogen-bond acceptors (Lipinski definition) is 2. The van der Waals surface area contributed by atoms with E-state index in [0.29, 0.717) is 24.2 Å². The van der Waals surface area contributed by atoms with E-state index in [1.165, 1.54) is 6.07 Å². The maximum Gasteiger partial charge on any atom is 0.319 e. The van der Waals surface area contributed by atoms with Crippen LogP contribution >= 0.6 is 0 Å². The molecule has 2 rings (SSSR count). The largest absolute Gasteiger partial charge is 0.332 e. The lowest BCUT2D eigenvalue weighted by Gasteiger charge is -2.09. The van der Waals surface area contributed by atoms with Gasteiger partial charge in [-0.2, -0.15) is 5.10 Å². The van der Waals surface area contributed by atoms with Crippen LogP contribution in [0.25, 0.3) is 0 Å². The smallest absolute Gasteiger partial charge is 0.319 e. The Labute approximate surface area is 123 Å². The van der Waals surface area contributed by atoms with E-state index in [9.17, 15) is 9.18 Å². The Morgan fingerprint density at radius 3 is 2.71 bits per heavy atom. The second-order valence-corrected chi connectivity index (χ2v) is 4.87. The van der Waals surface area contributed by atoms with Crippen molar-refractivity contribution < 1.29 is 9.18 Å². The molecule has 1 heterocycles. The minimum absolute atomic E-state index is 0.308. The van der Waals surface area contributed by atoms with Gasteiger partial charge in [-0.15, -0.1) is 0 Å². The zero-order chi connectivity index (χ0) is 15.4. The summed E-state index contributed by atoms with van der Waals surface area (Å²) in [5, 5.41) is 9.53. The third-order valence-electron chi connectivity index (χ3n) is 3.22. The molecule has 0 saturated heterocycles. The van der Waals surface area contributed by atoms with Gasteiger partial charge in [0.25, 0.3) is 0 Å². The molecule has 1 aromatic carbocycles. The first kappa shape index (κ1) is 15.0. The predicted octanol–water partition coefficient (Wildman–Crippen LogP) is 2.75. The van der Waals surface area contributed by atoms with Crippen LogP contribution in [0.1, 0.15) is 23.9 Å². The Hall–Kier alpha value is -2.37. The lowest BCUT2D eigenvalue weighted by molar-refractivity contribution is 0.251. The van der Waals surface area contributed by atoms with Crippen molar-refractivity contribution in [3.8, 4) is 0 Å². The van der Waals surface area contributed by atoms with Crippen LogP contribution in [0.2, 0.25) is 0 Å². The molecule has 0 spiro atoms. The fraction of sp³-hybridized carbons (Fsp3) is 0.333. The number of nitrogens with zero attached hydrogens (tertiary/aromatic N) is 2. The van der Waals surface area contributed by atoms with Crippen LogP contribution < -0.4 is 10.6 Å². The van der Waals surface area contributed by atoms with E-state index in [4.69, 9.17) is 0 Å². The first-order valence-corrected chi connectivity index (χ1v) is 6.82. The molecule has 2 aromatic rings. The van der Waals surface area contributed by atoms with E-state index in [1.54, 1.807) is 16.8 Å². The van der Waals surface area contributed by atoms with Crippen LogP contribution in [0.5, 0.6) is 0 Å². The molecule has 0 fully saturated rings. The molecule has 5 nitrogen and oxygen atoms in total. The molecule has 21 heavy (non-hydrogen) atoms. The van der Waals surface area contributed by atoms with Gasteiger partial charge >= 0.3 is 6.03 Å². The Kier molecular flexibility index (Phi) is 4.57. The second kappa shape index (κ2) is 6.39. The number of carbonyl (C=O) groups is 1. The van der Waals surface area contributed by atoms with Crippen LogP contribution in [0.4, 0.5) is 14.9 Å². The van der Waals surface area contributed by atoms with Crippen molar-refractivity contribution >= 4 is 11.7 Å². The number of aryl methyl sites for hydroxylation is 3. The van der Waals surface area contributed by atoms with Gasteiger partial charge in [0.05, 0.1) is 17.9 Å². The first-order chi connectivity index (χ1) is 9.99. The summed E-state index contributed by atoms with van der Waals surface area (Å²) in [5.74, 6) is -0.308. The highest BCUT2D eigenvalue weighted by Gasteiger charge is 2.07. The number of halogens is 1. The number of amides is 2. The van der Waals surface area contributed by atoms with Crippen molar-refractivity contribution in [3.63, 3.8) is 0 Å². The van der Waals surface area contributed by atoms with Gasteiger partial charge in [0.2, 0.25) is 0 Å². The van der Waals surface area contributed by atoms with E-state index in [0.717, 1.165) is 11.4 Å². The van der Waals surface area contributed by atoms with Crippen molar-refractivity contribution in [2.75, 3.05) is 5.32 Å². The zero-order valence-electron chi connectivity index (χ0n) is 12.4. The maximum absolute atomic E-state index is 13.6. The molecule has 0 aliphatic heterocycles. The number of aromatic nitrogens is 2. The highest BCUT2D eigenvalue weighted by Crippen LogP contribution is 2.14. The van der Waals surface area contributed by atoms with E-state index in [-0.39, 0.29) is 11.8 Å². The predicted molar refractivity (Wildman–Crippen MR) is 79.6 cm³/mol. The monoisotopic (exact) mass is 290 g/mol. The molecule has 0 radical (unpaired) electrons. The third-order valence-corrected chi connectivity index (χ3v) is 3.22. The molecule has 0 aliphatic carbocycles. The van der Waals surface area contributed by atoms with Crippen LogP contribution in [0, 0.1) is 12.7 Å². The summed E-state index contributed by atoms with van der Waals surface area (Å²) in [6, 6.07) is 6.21. The number of benzene rings is 1. The Morgan fingerprint density at radius 1 is 1.38 bits per heavy atom. The fourth-order valence-corrected chi connectivity index (χ4v) is 2.09. The maximum atomic E-state index is 13.6. The van der Waals surface area contributed by atoms with Gasteiger partial charge in [-0.25, -0.2) is 9.18 Å². The van der Waals surface area contributed by atoms with Crippen LogP contribution in [0.15, 0.2) is 24.3 Å². The molecule has 0 aliphatic rings. The van der Waals surface area contributed by atoms with Crippen molar-refractivity contribution in [1.29, 1.82) is 0 Å². The number of rotatable bonds is 4. The minimum Gasteiger partial charge on any atom is -0.332 e. The molecule has 0 bridgehead atoms. The van der Waals surface area contributed by atoms with Crippen molar-refractivity contribution in [3.05, 3.63) is 47.0 Å². The summed E-state index contributed by atoms with van der Waals surface area (Å²) in [4.78, 5) is 11.8. The summed E-state index contributed by atoms with van der Waals surface area (Å²) < 4.78 is 15.3.